The van der Waals surface area contributed by atoms with E-state index in [0.29, 0.717) is 12.0 Å². The van der Waals surface area contributed by atoms with Gasteiger partial charge in [-0.05, 0) is 50.0 Å². The third-order valence-electron chi connectivity index (χ3n) is 5.66. The number of nitrogens with one attached hydrogen (secondary N) is 1. The van der Waals surface area contributed by atoms with Gasteiger partial charge in [-0.2, -0.15) is 0 Å². The van der Waals surface area contributed by atoms with Crippen LogP contribution in [0.1, 0.15) is 56.9 Å². The Morgan fingerprint density at radius 2 is 1.83 bits per heavy atom. The molecule has 0 heterocycles. The summed E-state index contributed by atoms with van der Waals surface area (Å²) in [6, 6.07) is 11.2. The minimum atomic E-state index is 0.137. The van der Waals surface area contributed by atoms with Crippen molar-refractivity contribution in [1.29, 1.82) is 0 Å². The summed E-state index contributed by atoms with van der Waals surface area (Å²) in [6.45, 7) is 0. The maximum Gasteiger partial charge on any atom is 0.223 e. The Kier molecular flexibility index (Phi) is 5.71. The predicted molar refractivity (Wildman–Crippen MR) is 94.0 cm³/mol. The average molecular weight is 314 g/mol. The highest BCUT2D eigenvalue weighted by atomic mass is 16.1. The molecule has 0 aromatic heterocycles. The molecule has 2 saturated carbocycles. The summed E-state index contributed by atoms with van der Waals surface area (Å²) in [5.74, 6) is 0.968. The zero-order valence-electron chi connectivity index (χ0n) is 14.0. The van der Waals surface area contributed by atoms with Crippen LogP contribution in [0.4, 0.5) is 0 Å². The van der Waals surface area contributed by atoms with Crippen LogP contribution in [0.3, 0.4) is 0 Å². The molecule has 2 aliphatic carbocycles. The minimum absolute atomic E-state index is 0.137. The van der Waals surface area contributed by atoms with Gasteiger partial charge in [-0.3, -0.25) is 4.79 Å². The first-order valence-corrected chi connectivity index (χ1v) is 9.32. The molecule has 0 saturated heterocycles. The van der Waals surface area contributed by atoms with E-state index in [1.807, 2.05) is 0 Å². The fraction of sp³-hybridized carbons (Fsp3) is 0.650. The van der Waals surface area contributed by atoms with Crippen LogP contribution >= 0.6 is 0 Å². The van der Waals surface area contributed by atoms with E-state index in [1.54, 1.807) is 0 Å². The number of nitrogens with two attached hydrogens (primary N) is 1. The van der Waals surface area contributed by atoms with Gasteiger partial charge >= 0.3 is 0 Å². The number of hydrogen-bond acceptors (Lipinski definition) is 2. The lowest BCUT2D eigenvalue weighted by Crippen LogP contribution is -2.47. The van der Waals surface area contributed by atoms with Gasteiger partial charge in [-0.15, -0.1) is 0 Å². The Morgan fingerprint density at radius 3 is 2.61 bits per heavy atom. The Hall–Kier alpha value is -1.35. The van der Waals surface area contributed by atoms with E-state index in [-0.39, 0.29) is 17.9 Å². The highest BCUT2D eigenvalue weighted by Gasteiger charge is 2.30. The van der Waals surface area contributed by atoms with Crippen LogP contribution in [0.15, 0.2) is 30.3 Å². The summed E-state index contributed by atoms with van der Waals surface area (Å²) >= 11 is 0. The molecule has 4 atom stereocenters. The molecule has 1 aromatic rings. The second kappa shape index (κ2) is 7.96. The lowest BCUT2D eigenvalue weighted by molar-refractivity contribution is -0.127. The lowest BCUT2D eigenvalue weighted by atomic mass is 9.79. The predicted octanol–water partition coefficient (Wildman–Crippen LogP) is 3.42. The Morgan fingerprint density at radius 1 is 1.04 bits per heavy atom. The molecule has 1 amide bonds. The average Bonchev–Trinajstić information content (AvgIpc) is 2.57. The van der Waals surface area contributed by atoms with Crippen molar-refractivity contribution in [3.05, 3.63) is 35.9 Å². The van der Waals surface area contributed by atoms with Gasteiger partial charge in [0.15, 0.2) is 0 Å². The van der Waals surface area contributed by atoms with Crippen LogP contribution in [0.5, 0.6) is 0 Å². The van der Waals surface area contributed by atoms with Crippen molar-refractivity contribution in [2.45, 2.75) is 69.9 Å². The number of rotatable bonds is 4. The Balaban J connectivity index is 1.58. The van der Waals surface area contributed by atoms with E-state index >= 15 is 0 Å². The largest absolute Gasteiger partial charge is 0.353 e. The summed E-state index contributed by atoms with van der Waals surface area (Å²) in [4.78, 5) is 12.6. The zero-order valence-corrected chi connectivity index (χ0v) is 14.0. The molecule has 23 heavy (non-hydrogen) atoms. The van der Waals surface area contributed by atoms with E-state index in [1.165, 1.54) is 24.8 Å². The third-order valence-corrected chi connectivity index (χ3v) is 5.66. The molecule has 0 aliphatic heterocycles. The molecular formula is C20H30N2O. The van der Waals surface area contributed by atoms with Gasteiger partial charge in [0.25, 0.3) is 0 Å². The monoisotopic (exact) mass is 314 g/mol. The van der Waals surface area contributed by atoms with E-state index in [4.69, 9.17) is 5.73 Å². The van der Waals surface area contributed by atoms with Crippen molar-refractivity contribution in [1.82, 2.24) is 5.32 Å². The summed E-state index contributed by atoms with van der Waals surface area (Å²) in [7, 11) is 0. The fourth-order valence-electron chi connectivity index (χ4n) is 4.33. The molecule has 2 aliphatic rings. The first-order chi connectivity index (χ1) is 11.2. The minimum Gasteiger partial charge on any atom is -0.353 e. The van der Waals surface area contributed by atoms with E-state index < -0.39 is 0 Å². The quantitative estimate of drug-likeness (QED) is 0.894. The Labute approximate surface area is 140 Å². The molecule has 3 heteroatoms. The normalized spacial score (nSPS) is 31.5. The van der Waals surface area contributed by atoms with Crippen molar-refractivity contribution in [3.63, 3.8) is 0 Å². The van der Waals surface area contributed by atoms with Crippen molar-refractivity contribution in [3.8, 4) is 0 Å². The first kappa shape index (κ1) is 16.5. The van der Waals surface area contributed by atoms with Crippen molar-refractivity contribution < 1.29 is 4.79 Å². The molecule has 3 nitrogen and oxygen atoms in total. The highest BCUT2D eigenvalue weighted by molar-refractivity contribution is 5.79. The van der Waals surface area contributed by atoms with Crippen LogP contribution in [-0.2, 0) is 11.2 Å². The van der Waals surface area contributed by atoms with Gasteiger partial charge in [0.1, 0.15) is 0 Å². The van der Waals surface area contributed by atoms with E-state index in [2.05, 4.69) is 35.6 Å². The molecule has 1 aromatic carbocycles. The highest BCUT2D eigenvalue weighted by Crippen LogP contribution is 2.29. The van der Waals surface area contributed by atoms with Gasteiger partial charge in [-0.25, -0.2) is 0 Å². The van der Waals surface area contributed by atoms with Crippen LogP contribution in [0, 0.1) is 11.8 Å². The van der Waals surface area contributed by atoms with Crippen LogP contribution < -0.4 is 11.1 Å². The van der Waals surface area contributed by atoms with Crippen molar-refractivity contribution >= 4 is 5.91 Å². The van der Waals surface area contributed by atoms with Crippen molar-refractivity contribution in [2.75, 3.05) is 0 Å². The number of carbonyl (C=O) groups is 1. The Bertz CT molecular complexity index is 502. The van der Waals surface area contributed by atoms with Crippen LogP contribution in [0.25, 0.3) is 0 Å². The van der Waals surface area contributed by atoms with Gasteiger partial charge in [-0.1, -0.05) is 49.6 Å². The molecule has 3 rings (SSSR count). The molecule has 0 radical (unpaired) electrons. The standard InChI is InChI=1S/C20H30N2O/c21-18-11-6-10-17(14-18)20(23)22-19-12-5-4-9-16(19)13-15-7-2-1-3-8-15/h1-3,7-8,16-19H,4-6,9-14,21H2,(H,22,23). The summed E-state index contributed by atoms with van der Waals surface area (Å²) in [5, 5.41) is 3.38. The van der Waals surface area contributed by atoms with Gasteiger partial charge in [0.2, 0.25) is 5.91 Å². The molecule has 3 N–H and O–H groups in total. The first-order valence-electron chi connectivity index (χ1n) is 9.32. The molecule has 4 unspecified atom stereocenters. The van der Waals surface area contributed by atoms with E-state index in [9.17, 15) is 4.79 Å². The number of hydrogen-bond donors (Lipinski definition) is 2. The molecule has 0 spiro atoms. The molecule has 2 fully saturated rings. The zero-order chi connectivity index (χ0) is 16.1. The summed E-state index contributed by atoms with van der Waals surface area (Å²) in [5.41, 5.74) is 7.43. The van der Waals surface area contributed by atoms with Crippen molar-refractivity contribution in [2.24, 2.45) is 17.6 Å². The fourth-order valence-corrected chi connectivity index (χ4v) is 4.33. The van der Waals surface area contributed by atoms with Gasteiger partial charge in [0.05, 0.1) is 0 Å². The summed E-state index contributed by atoms with van der Waals surface area (Å²) in [6.07, 6.45) is 10.00. The smallest absolute Gasteiger partial charge is 0.223 e. The lowest BCUT2D eigenvalue weighted by Gasteiger charge is -2.34. The third kappa shape index (κ3) is 4.57. The maximum atomic E-state index is 12.6. The topological polar surface area (TPSA) is 55.1 Å². The van der Waals surface area contributed by atoms with Crippen LogP contribution in [-0.4, -0.2) is 18.0 Å². The number of carbonyl (C=O) groups excluding carboxylic acids is 1. The number of amides is 1. The molecule has 126 valence electrons. The second-order valence-corrected chi connectivity index (χ2v) is 7.47. The van der Waals surface area contributed by atoms with Gasteiger partial charge < -0.3 is 11.1 Å². The number of benzene rings is 1. The van der Waals surface area contributed by atoms with E-state index in [0.717, 1.165) is 38.5 Å². The molecular weight excluding hydrogens is 284 g/mol. The second-order valence-electron chi connectivity index (χ2n) is 7.47. The SMILES string of the molecule is NC1CCCC(C(=O)NC2CCCCC2Cc2ccccc2)C1. The van der Waals surface area contributed by atoms with Crippen LogP contribution in [0.2, 0.25) is 0 Å². The summed E-state index contributed by atoms with van der Waals surface area (Å²) < 4.78 is 0. The van der Waals surface area contributed by atoms with Gasteiger partial charge in [0, 0.05) is 18.0 Å². The molecule has 0 bridgehead atoms. The maximum absolute atomic E-state index is 12.6.